The van der Waals surface area contributed by atoms with Crippen molar-refractivity contribution in [3.63, 3.8) is 0 Å². The van der Waals surface area contributed by atoms with Crippen molar-refractivity contribution in [2.24, 2.45) is 35.0 Å². The highest BCUT2D eigenvalue weighted by Gasteiger charge is 2.42. The maximum atomic E-state index is 12.9. The lowest BCUT2D eigenvalue weighted by molar-refractivity contribution is -0.163. The molecule has 0 radical (unpaired) electrons. The van der Waals surface area contributed by atoms with Gasteiger partial charge >= 0.3 is 11.9 Å². The minimum atomic E-state index is -0.842. The standard InChI is InChI=1S/C26H46O4/c1-5-7-9-12-20-17-26(4,15-8-6-2)16-14-21(20)18-30-25(29)22-13-10-11-19(3)23(22)24(27)28/h19-23H,5-18H2,1-4H3,(H,27,28). The molecule has 0 bridgehead atoms. The van der Waals surface area contributed by atoms with Crippen molar-refractivity contribution >= 4 is 11.9 Å². The van der Waals surface area contributed by atoms with Crippen LogP contribution in [0.4, 0.5) is 0 Å². The molecule has 30 heavy (non-hydrogen) atoms. The molecule has 0 aliphatic heterocycles. The molecule has 0 saturated heterocycles. The lowest BCUT2D eigenvalue weighted by Crippen LogP contribution is -2.40. The van der Waals surface area contributed by atoms with Crippen LogP contribution in [0.1, 0.15) is 111 Å². The Morgan fingerprint density at radius 1 is 1.03 bits per heavy atom. The zero-order chi connectivity index (χ0) is 22.1. The molecule has 0 aromatic heterocycles. The Labute approximate surface area is 184 Å². The van der Waals surface area contributed by atoms with E-state index in [9.17, 15) is 14.7 Å². The summed E-state index contributed by atoms with van der Waals surface area (Å²) in [7, 11) is 0. The summed E-state index contributed by atoms with van der Waals surface area (Å²) in [5.74, 6) is -1.06. The minimum absolute atomic E-state index is 0.0459. The van der Waals surface area contributed by atoms with Crippen molar-refractivity contribution in [1.82, 2.24) is 0 Å². The number of carboxylic acid groups (broad SMARTS) is 1. The number of esters is 1. The molecule has 4 heteroatoms. The fourth-order valence-electron chi connectivity index (χ4n) is 6.11. The molecule has 2 saturated carbocycles. The normalized spacial score (nSPS) is 34.5. The van der Waals surface area contributed by atoms with Crippen LogP contribution >= 0.6 is 0 Å². The average molecular weight is 423 g/mol. The van der Waals surface area contributed by atoms with Gasteiger partial charge in [-0.25, -0.2) is 0 Å². The average Bonchev–Trinajstić information content (AvgIpc) is 2.71. The number of ether oxygens (including phenoxy) is 1. The molecular formula is C26H46O4. The second kappa shape index (κ2) is 12.1. The molecule has 2 aliphatic carbocycles. The van der Waals surface area contributed by atoms with Crippen LogP contribution in [0, 0.1) is 35.0 Å². The molecule has 2 aliphatic rings. The summed E-state index contributed by atoms with van der Waals surface area (Å²) in [6.07, 6.45) is 14.9. The van der Waals surface area contributed by atoms with Crippen molar-refractivity contribution in [3.8, 4) is 0 Å². The van der Waals surface area contributed by atoms with Gasteiger partial charge in [0.25, 0.3) is 0 Å². The quantitative estimate of drug-likeness (QED) is 0.292. The Morgan fingerprint density at radius 2 is 1.77 bits per heavy atom. The van der Waals surface area contributed by atoms with E-state index in [0.717, 1.165) is 19.3 Å². The maximum Gasteiger partial charge on any atom is 0.309 e. The van der Waals surface area contributed by atoms with E-state index in [2.05, 4.69) is 20.8 Å². The summed E-state index contributed by atoms with van der Waals surface area (Å²) in [6.45, 7) is 9.41. The summed E-state index contributed by atoms with van der Waals surface area (Å²) in [5.41, 5.74) is 0.431. The van der Waals surface area contributed by atoms with E-state index in [1.165, 1.54) is 57.8 Å². The van der Waals surface area contributed by atoms with Gasteiger partial charge in [-0.05, 0) is 61.7 Å². The molecule has 0 amide bonds. The van der Waals surface area contributed by atoms with Crippen molar-refractivity contribution in [2.75, 3.05) is 6.61 Å². The van der Waals surface area contributed by atoms with Gasteiger partial charge in [0.2, 0.25) is 0 Å². The van der Waals surface area contributed by atoms with Gasteiger partial charge < -0.3 is 9.84 Å². The van der Waals surface area contributed by atoms with Crippen molar-refractivity contribution in [3.05, 3.63) is 0 Å². The lowest BCUT2D eigenvalue weighted by atomic mass is 9.63. The van der Waals surface area contributed by atoms with Crippen LogP contribution in [0.3, 0.4) is 0 Å². The van der Waals surface area contributed by atoms with Gasteiger partial charge in [-0.1, -0.05) is 72.6 Å². The van der Waals surface area contributed by atoms with Gasteiger partial charge in [0, 0.05) is 0 Å². The van der Waals surface area contributed by atoms with Crippen molar-refractivity contribution < 1.29 is 19.4 Å². The van der Waals surface area contributed by atoms with Crippen LogP contribution in [0.25, 0.3) is 0 Å². The van der Waals surface area contributed by atoms with Crippen LogP contribution < -0.4 is 0 Å². The third-order valence-corrected chi connectivity index (χ3v) is 8.10. The zero-order valence-electron chi connectivity index (χ0n) is 20.0. The number of hydrogen-bond acceptors (Lipinski definition) is 3. The SMILES string of the molecule is CCCCCC1CC(C)(CCCC)CCC1COC(=O)C1CCCC(C)C1C(=O)O. The first kappa shape index (κ1) is 25.2. The number of carboxylic acids is 1. The van der Waals surface area contributed by atoms with Gasteiger partial charge in [0.15, 0.2) is 0 Å². The molecule has 0 aromatic rings. The maximum absolute atomic E-state index is 12.9. The molecule has 174 valence electrons. The highest BCUT2D eigenvalue weighted by atomic mass is 16.5. The fraction of sp³-hybridized carbons (Fsp3) is 0.923. The summed E-state index contributed by atoms with van der Waals surface area (Å²) >= 11 is 0. The van der Waals surface area contributed by atoms with Gasteiger partial charge in [-0.3, -0.25) is 9.59 Å². The largest absolute Gasteiger partial charge is 0.481 e. The predicted molar refractivity (Wildman–Crippen MR) is 121 cm³/mol. The molecular weight excluding hydrogens is 376 g/mol. The van der Waals surface area contributed by atoms with Crippen LogP contribution in [0.2, 0.25) is 0 Å². The first-order valence-electron chi connectivity index (χ1n) is 12.7. The third-order valence-electron chi connectivity index (χ3n) is 8.10. The highest BCUT2D eigenvalue weighted by Crippen LogP contribution is 2.47. The zero-order valence-corrected chi connectivity index (χ0v) is 20.0. The van der Waals surface area contributed by atoms with E-state index < -0.39 is 17.8 Å². The van der Waals surface area contributed by atoms with Gasteiger partial charge in [0.05, 0.1) is 18.4 Å². The van der Waals surface area contributed by atoms with Gasteiger partial charge in [0.1, 0.15) is 0 Å². The number of carbonyl (C=O) groups is 2. The minimum Gasteiger partial charge on any atom is -0.481 e. The van der Waals surface area contributed by atoms with Gasteiger partial charge in [-0.15, -0.1) is 0 Å². The molecule has 4 nitrogen and oxygen atoms in total. The highest BCUT2D eigenvalue weighted by molar-refractivity contribution is 5.81. The second-order valence-electron chi connectivity index (χ2n) is 10.7. The number of hydrogen-bond donors (Lipinski definition) is 1. The number of aliphatic carboxylic acids is 1. The van der Waals surface area contributed by atoms with E-state index in [1.807, 2.05) is 6.92 Å². The van der Waals surface area contributed by atoms with E-state index in [-0.39, 0.29) is 11.9 Å². The molecule has 0 spiro atoms. The van der Waals surface area contributed by atoms with Crippen LogP contribution in [-0.4, -0.2) is 23.7 Å². The number of carbonyl (C=O) groups excluding carboxylic acids is 1. The van der Waals surface area contributed by atoms with Crippen molar-refractivity contribution in [2.45, 2.75) is 111 Å². The first-order valence-corrected chi connectivity index (χ1v) is 12.7. The molecule has 6 atom stereocenters. The van der Waals surface area contributed by atoms with Crippen LogP contribution in [0.15, 0.2) is 0 Å². The summed E-state index contributed by atoms with van der Waals surface area (Å²) in [6, 6.07) is 0. The summed E-state index contributed by atoms with van der Waals surface area (Å²) < 4.78 is 5.83. The second-order valence-corrected chi connectivity index (χ2v) is 10.7. The third kappa shape index (κ3) is 6.99. The van der Waals surface area contributed by atoms with Crippen LogP contribution in [-0.2, 0) is 14.3 Å². The van der Waals surface area contributed by atoms with Gasteiger partial charge in [-0.2, -0.15) is 0 Å². The van der Waals surface area contributed by atoms with E-state index >= 15 is 0 Å². The Hall–Kier alpha value is -1.06. The Kier molecular flexibility index (Phi) is 10.2. The van der Waals surface area contributed by atoms with E-state index in [0.29, 0.717) is 30.3 Å². The summed E-state index contributed by atoms with van der Waals surface area (Å²) in [5, 5.41) is 9.63. The Balaban J connectivity index is 1.96. The monoisotopic (exact) mass is 422 g/mol. The Bertz CT molecular complexity index is 545. The van der Waals surface area contributed by atoms with E-state index in [4.69, 9.17) is 4.74 Å². The Morgan fingerprint density at radius 3 is 2.43 bits per heavy atom. The molecule has 2 rings (SSSR count). The molecule has 0 heterocycles. The van der Waals surface area contributed by atoms with E-state index in [1.54, 1.807) is 0 Å². The molecule has 0 aromatic carbocycles. The topological polar surface area (TPSA) is 63.6 Å². The molecule has 1 N–H and O–H groups in total. The number of unbranched alkanes of at least 4 members (excludes halogenated alkanes) is 3. The van der Waals surface area contributed by atoms with Crippen molar-refractivity contribution in [1.29, 1.82) is 0 Å². The van der Waals surface area contributed by atoms with Crippen LogP contribution in [0.5, 0.6) is 0 Å². The summed E-state index contributed by atoms with van der Waals surface area (Å²) in [4.78, 5) is 24.6. The molecule has 2 fully saturated rings. The lowest BCUT2D eigenvalue weighted by Gasteiger charge is -2.43. The first-order chi connectivity index (χ1) is 14.3. The fourth-order valence-corrected chi connectivity index (χ4v) is 6.11. The molecule has 6 unspecified atom stereocenters. The number of rotatable bonds is 11. The smallest absolute Gasteiger partial charge is 0.309 e. The predicted octanol–water partition coefficient (Wildman–Crippen LogP) is 6.86.